The molecular formula is C24H22ClF3N8O. The van der Waals surface area contributed by atoms with Crippen LogP contribution < -0.4 is 15.5 Å². The zero-order valence-electron chi connectivity index (χ0n) is 19.5. The molecule has 2 aliphatic heterocycles. The lowest BCUT2D eigenvalue weighted by atomic mass is 9.94. The number of nitrogen functional groups attached to an aromatic ring is 1. The monoisotopic (exact) mass is 530 g/mol. The second-order valence-electron chi connectivity index (χ2n) is 8.94. The van der Waals surface area contributed by atoms with Crippen molar-refractivity contribution >= 4 is 40.1 Å². The summed E-state index contributed by atoms with van der Waals surface area (Å²) in [5, 5.41) is 1.38. The number of aromatic amines is 1. The third-order valence-corrected chi connectivity index (χ3v) is 6.91. The molecule has 0 aliphatic carbocycles. The molecule has 0 radical (unpaired) electrons. The highest BCUT2D eigenvalue weighted by molar-refractivity contribution is 6.32. The van der Waals surface area contributed by atoms with Gasteiger partial charge in [-0.25, -0.2) is 19.9 Å². The standard InChI is InChI=1S/C24H22ClF3N8O/c25-14-9-16-15-2-4-36(23-30-3-1-18(33-23)24(26,27)28)21(20(15)34-19(16)17(29)10-14)13-11-31-22(32-12-13)35-5-7-37-8-6-35/h1,3,9-12,21,34H,2,4-8,29H2. The molecule has 5 heterocycles. The number of nitrogens with two attached hydrogens (primary N) is 1. The van der Waals surface area contributed by atoms with E-state index >= 15 is 0 Å². The molecule has 4 aromatic rings. The first kappa shape index (κ1) is 23.7. The van der Waals surface area contributed by atoms with E-state index in [1.54, 1.807) is 23.4 Å². The van der Waals surface area contributed by atoms with Crippen LogP contribution in [0, 0.1) is 0 Å². The Hall–Kier alpha value is -3.64. The fourth-order valence-electron chi connectivity index (χ4n) is 4.99. The summed E-state index contributed by atoms with van der Waals surface area (Å²) in [4.78, 5) is 24.4. The first-order valence-electron chi connectivity index (χ1n) is 11.7. The normalized spacial score (nSPS) is 18.3. The molecule has 3 N–H and O–H groups in total. The number of hydrogen-bond donors (Lipinski definition) is 2. The minimum atomic E-state index is -4.59. The van der Waals surface area contributed by atoms with Crippen LogP contribution in [0.25, 0.3) is 10.9 Å². The number of ether oxygens (including phenoxy) is 1. The summed E-state index contributed by atoms with van der Waals surface area (Å²) in [6.07, 6.45) is 0.445. The Kier molecular flexibility index (Phi) is 5.80. The lowest BCUT2D eigenvalue weighted by molar-refractivity contribution is -0.141. The summed E-state index contributed by atoms with van der Waals surface area (Å²) >= 11 is 6.29. The number of morpholine rings is 1. The van der Waals surface area contributed by atoms with E-state index in [9.17, 15) is 13.2 Å². The first-order valence-corrected chi connectivity index (χ1v) is 12.1. The van der Waals surface area contributed by atoms with Crippen molar-refractivity contribution in [3.63, 3.8) is 0 Å². The minimum Gasteiger partial charge on any atom is -0.397 e. The number of nitrogens with zero attached hydrogens (tertiary/aromatic N) is 6. The Morgan fingerprint density at radius 2 is 1.81 bits per heavy atom. The number of halogens is 4. The highest BCUT2D eigenvalue weighted by Crippen LogP contribution is 2.42. The van der Waals surface area contributed by atoms with Gasteiger partial charge in [-0.1, -0.05) is 11.6 Å². The molecule has 0 spiro atoms. The third-order valence-electron chi connectivity index (χ3n) is 6.69. The second-order valence-corrected chi connectivity index (χ2v) is 9.37. The Bertz CT molecular complexity index is 1450. The van der Waals surface area contributed by atoms with Crippen molar-refractivity contribution in [2.75, 3.05) is 48.4 Å². The molecule has 1 fully saturated rings. The molecule has 0 saturated carbocycles. The number of fused-ring (bicyclic) bond motifs is 3. The number of aromatic nitrogens is 5. The van der Waals surface area contributed by atoms with Crippen LogP contribution >= 0.6 is 11.6 Å². The van der Waals surface area contributed by atoms with Crippen molar-refractivity contribution in [2.45, 2.75) is 18.6 Å². The molecule has 3 aromatic heterocycles. The quantitative estimate of drug-likeness (QED) is 0.383. The molecule has 1 unspecified atom stereocenters. The SMILES string of the molecule is Nc1cc(Cl)cc2c3c([nH]c12)C(c1cnc(N2CCOCC2)nc1)N(c1nccc(C(F)(F)F)n1)CC3. The van der Waals surface area contributed by atoms with Crippen molar-refractivity contribution in [3.8, 4) is 0 Å². The lowest BCUT2D eigenvalue weighted by Crippen LogP contribution is -2.38. The Balaban J connectivity index is 1.47. The van der Waals surface area contributed by atoms with Gasteiger partial charge in [-0.2, -0.15) is 13.2 Å². The number of H-pyrrole nitrogens is 1. The molecular weight excluding hydrogens is 509 g/mol. The zero-order valence-corrected chi connectivity index (χ0v) is 20.2. The Morgan fingerprint density at radius 3 is 2.54 bits per heavy atom. The van der Waals surface area contributed by atoms with E-state index in [2.05, 4.69) is 24.9 Å². The van der Waals surface area contributed by atoms with Gasteiger partial charge in [0.05, 0.1) is 24.4 Å². The average molecular weight is 531 g/mol. The van der Waals surface area contributed by atoms with Gasteiger partial charge in [-0.15, -0.1) is 0 Å². The Morgan fingerprint density at radius 1 is 1.05 bits per heavy atom. The van der Waals surface area contributed by atoms with Gasteiger partial charge in [0.2, 0.25) is 11.9 Å². The van der Waals surface area contributed by atoms with Crippen molar-refractivity contribution < 1.29 is 17.9 Å². The van der Waals surface area contributed by atoms with E-state index in [1.807, 2.05) is 11.0 Å². The molecule has 37 heavy (non-hydrogen) atoms. The summed E-state index contributed by atoms with van der Waals surface area (Å²) < 4.78 is 45.8. The van der Waals surface area contributed by atoms with E-state index in [-0.39, 0.29) is 5.95 Å². The molecule has 0 bridgehead atoms. The van der Waals surface area contributed by atoms with E-state index < -0.39 is 17.9 Å². The van der Waals surface area contributed by atoms with Crippen LogP contribution in [0.2, 0.25) is 5.02 Å². The van der Waals surface area contributed by atoms with Gasteiger partial charge < -0.3 is 25.3 Å². The minimum absolute atomic E-state index is 0.0348. The van der Waals surface area contributed by atoms with Crippen molar-refractivity contribution in [1.29, 1.82) is 0 Å². The van der Waals surface area contributed by atoms with Crippen molar-refractivity contribution in [1.82, 2.24) is 24.9 Å². The summed E-state index contributed by atoms with van der Waals surface area (Å²) in [5.41, 5.74) is 8.87. The predicted molar refractivity (Wildman–Crippen MR) is 133 cm³/mol. The number of rotatable bonds is 3. The summed E-state index contributed by atoms with van der Waals surface area (Å²) in [6.45, 7) is 2.91. The molecule has 1 aromatic carbocycles. The van der Waals surface area contributed by atoms with Crippen LogP contribution in [0.1, 0.15) is 28.6 Å². The van der Waals surface area contributed by atoms with E-state index in [0.29, 0.717) is 61.5 Å². The lowest BCUT2D eigenvalue weighted by Gasteiger charge is -2.36. The maximum Gasteiger partial charge on any atom is 0.433 e. The maximum atomic E-state index is 13.5. The molecule has 192 valence electrons. The van der Waals surface area contributed by atoms with Crippen LogP contribution in [0.5, 0.6) is 0 Å². The van der Waals surface area contributed by atoms with Gasteiger partial charge in [0.1, 0.15) is 11.7 Å². The zero-order chi connectivity index (χ0) is 25.7. The van der Waals surface area contributed by atoms with Gasteiger partial charge >= 0.3 is 6.18 Å². The number of nitrogens with one attached hydrogen (secondary N) is 1. The molecule has 0 amide bonds. The van der Waals surface area contributed by atoms with Gasteiger partial charge in [-0.05, 0) is 30.2 Å². The highest BCUT2D eigenvalue weighted by atomic mass is 35.5. The van der Waals surface area contributed by atoms with Crippen LogP contribution in [0.3, 0.4) is 0 Å². The fraction of sp³-hybridized carbons (Fsp3) is 0.333. The van der Waals surface area contributed by atoms with E-state index in [1.165, 1.54) is 0 Å². The number of anilines is 3. The molecule has 9 nitrogen and oxygen atoms in total. The molecule has 1 saturated heterocycles. The molecule has 6 rings (SSSR count). The molecule has 1 atom stereocenters. The topological polar surface area (TPSA) is 109 Å². The van der Waals surface area contributed by atoms with Crippen molar-refractivity contribution in [2.24, 2.45) is 0 Å². The van der Waals surface area contributed by atoms with E-state index in [4.69, 9.17) is 22.1 Å². The summed E-state index contributed by atoms with van der Waals surface area (Å²) in [5.74, 6) is 0.532. The molecule has 2 aliphatic rings. The number of hydrogen-bond acceptors (Lipinski definition) is 8. The van der Waals surface area contributed by atoms with Crippen LogP contribution in [0.4, 0.5) is 30.8 Å². The largest absolute Gasteiger partial charge is 0.433 e. The third kappa shape index (κ3) is 4.29. The van der Waals surface area contributed by atoms with Crippen LogP contribution in [-0.4, -0.2) is 57.8 Å². The Labute approximate surface area is 214 Å². The van der Waals surface area contributed by atoms with Crippen LogP contribution in [0.15, 0.2) is 36.8 Å². The van der Waals surface area contributed by atoms with E-state index in [0.717, 1.165) is 34.4 Å². The average Bonchev–Trinajstić information content (AvgIpc) is 3.27. The predicted octanol–water partition coefficient (Wildman–Crippen LogP) is 3.99. The van der Waals surface area contributed by atoms with Gasteiger partial charge in [0, 0.05) is 59.9 Å². The summed E-state index contributed by atoms with van der Waals surface area (Å²) in [6, 6.07) is 3.79. The number of alkyl halides is 3. The molecule has 13 heteroatoms. The van der Waals surface area contributed by atoms with Gasteiger partial charge in [0.15, 0.2) is 0 Å². The summed E-state index contributed by atoms with van der Waals surface area (Å²) in [7, 11) is 0. The highest BCUT2D eigenvalue weighted by Gasteiger charge is 2.37. The van der Waals surface area contributed by atoms with Gasteiger partial charge in [0.25, 0.3) is 0 Å². The van der Waals surface area contributed by atoms with Gasteiger partial charge in [-0.3, -0.25) is 0 Å². The fourth-order valence-corrected chi connectivity index (χ4v) is 5.21. The second kappa shape index (κ2) is 9.03. The van der Waals surface area contributed by atoms with Crippen molar-refractivity contribution in [3.05, 3.63) is 64.3 Å². The smallest absolute Gasteiger partial charge is 0.397 e. The number of benzene rings is 1. The maximum absolute atomic E-state index is 13.5. The van der Waals surface area contributed by atoms with Crippen LogP contribution in [-0.2, 0) is 17.3 Å². The first-order chi connectivity index (χ1) is 17.8.